The molecule has 0 aromatic heterocycles. The number of aliphatic imine (C=N–C) groups is 1. The van der Waals surface area contributed by atoms with Crippen LogP contribution in [0.1, 0.15) is 33.1 Å². The van der Waals surface area contributed by atoms with Crippen LogP contribution in [0.5, 0.6) is 0 Å². The van der Waals surface area contributed by atoms with Crippen LogP contribution in [0.3, 0.4) is 0 Å². The molecule has 0 atom stereocenters. The van der Waals surface area contributed by atoms with Gasteiger partial charge in [-0.1, -0.05) is 0 Å². The summed E-state index contributed by atoms with van der Waals surface area (Å²) in [5.74, 6) is 0.900. The molecule has 1 spiro atoms. The summed E-state index contributed by atoms with van der Waals surface area (Å²) in [6.45, 7) is 8.18. The predicted octanol–water partition coefficient (Wildman–Crippen LogP) is 1.55. The fraction of sp³-hybridized carbons (Fsp3) is 0.875. The molecule has 0 aliphatic carbocycles. The van der Waals surface area contributed by atoms with E-state index in [-0.39, 0.29) is 36.4 Å². The molecule has 2 aliphatic rings. The van der Waals surface area contributed by atoms with Crippen molar-refractivity contribution in [2.45, 2.75) is 39.2 Å². The third-order valence-electron chi connectivity index (χ3n) is 4.57. The Morgan fingerprint density at radius 1 is 1.30 bits per heavy atom. The van der Waals surface area contributed by atoms with Crippen molar-refractivity contribution in [1.29, 1.82) is 0 Å². The van der Waals surface area contributed by atoms with Crippen molar-refractivity contribution in [3.05, 3.63) is 0 Å². The topological polar surface area (TPSA) is 57.2 Å². The van der Waals surface area contributed by atoms with Gasteiger partial charge in [-0.25, -0.2) is 4.99 Å². The molecule has 6 nitrogen and oxygen atoms in total. The zero-order valence-electron chi connectivity index (χ0n) is 14.8. The molecule has 7 heteroatoms. The highest BCUT2D eigenvalue weighted by atomic mass is 127. The van der Waals surface area contributed by atoms with Gasteiger partial charge in [0.1, 0.15) is 6.54 Å². The molecule has 2 aliphatic heterocycles. The van der Waals surface area contributed by atoms with Crippen LogP contribution in [0.4, 0.5) is 0 Å². The molecule has 2 rings (SSSR count). The highest BCUT2D eigenvalue weighted by molar-refractivity contribution is 14.0. The summed E-state index contributed by atoms with van der Waals surface area (Å²) in [6.07, 6.45) is 3.46. The van der Waals surface area contributed by atoms with Crippen molar-refractivity contribution < 1.29 is 9.53 Å². The van der Waals surface area contributed by atoms with E-state index >= 15 is 0 Å². The van der Waals surface area contributed by atoms with Crippen LogP contribution >= 0.6 is 24.0 Å². The lowest BCUT2D eigenvalue weighted by Gasteiger charge is -2.34. The molecule has 2 saturated heterocycles. The molecular formula is C16H31IN4O2. The third-order valence-corrected chi connectivity index (χ3v) is 4.57. The van der Waals surface area contributed by atoms with Gasteiger partial charge in [-0.3, -0.25) is 4.79 Å². The number of carbonyl (C=O) groups is 1. The van der Waals surface area contributed by atoms with Crippen LogP contribution in [0, 0.1) is 5.41 Å². The second-order valence-corrected chi connectivity index (χ2v) is 7.01. The number of nitrogens with one attached hydrogen (secondary N) is 1. The summed E-state index contributed by atoms with van der Waals surface area (Å²) >= 11 is 0. The second-order valence-electron chi connectivity index (χ2n) is 7.01. The van der Waals surface area contributed by atoms with Crippen LogP contribution in [0.15, 0.2) is 4.99 Å². The van der Waals surface area contributed by atoms with E-state index in [4.69, 9.17) is 4.74 Å². The van der Waals surface area contributed by atoms with Crippen molar-refractivity contribution in [3.63, 3.8) is 0 Å². The quantitative estimate of drug-likeness (QED) is 0.413. The van der Waals surface area contributed by atoms with E-state index in [0.717, 1.165) is 45.1 Å². The predicted molar refractivity (Wildman–Crippen MR) is 103 cm³/mol. The van der Waals surface area contributed by atoms with Gasteiger partial charge in [-0.05, 0) is 38.5 Å². The average molecular weight is 438 g/mol. The zero-order chi connectivity index (χ0) is 16.2. The largest absolute Gasteiger partial charge is 0.381 e. The van der Waals surface area contributed by atoms with Crippen molar-refractivity contribution in [2.75, 3.05) is 46.9 Å². The summed E-state index contributed by atoms with van der Waals surface area (Å²) in [7, 11) is 3.53. The molecule has 23 heavy (non-hydrogen) atoms. The Kier molecular flexibility index (Phi) is 8.06. The number of carbonyl (C=O) groups excluding carboxylic acids is 1. The lowest BCUT2D eigenvalue weighted by Crippen LogP contribution is -2.45. The number of hydrogen-bond acceptors (Lipinski definition) is 3. The van der Waals surface area contributed by atoms with Gasteiger partial charge in [0.15, 0.2) is 5.96 Å². The second kappa shape index (κ2) is 9.05. The molecule has 134 valence electrons. The minimum atomic E-state index is 0. The number of ether oxygens (including phenoxy) is 1. The molecule has 2 fully saturated rings. The van der Waals surface area contributed by atoms with E-state index in [9.17, 15) is 4.79 Å². The molecular weight excluding hydrogens is 407 g/mol. The Balaban J connectivity index is 0.00000264. The van der Waals surface area contributed by atoms with Gasteiger partial charge in [-0.15, -0.1) is 24.0 Å². The molecule has 2 heterocycles. The van der Waals surface area contributed by atoms with Gasteiger partial charge in [-0.2, -0.15) is 0 Å². The fourth-order valence-corrected chi connectivity index (χ4v) is 3.11. The fourth-order valence-electron chi connectivity index (χ4n) is 3.11. The number of likely N-dealkylation sites (N-methyl/N-ethyl adjacent to an activating group) is 1. The molecule has 1 N–H and O–H groups in total. The van der Waals surface area contributed by atoms with Crippen LogP contribution in [0.25, 0.3) is 0 Å². The summed E-state index contributed by atoms with van der Waals surface area (Å²) in [5, 5.41) is 3.41. The van der Waals surface area contributed by atoms with Gasteiger partial charge in [0.05, 0.1) is 0 Å². The maximum atomic E-state index is 11.8. The maximum absolute atomic E-state index is 11.8. The van der Waals surface area contributed by atoms with E-state index in [0.29, 0.717) is 11.5 Å². The molecule has 0 aromatic carbocycles. The smallest absolute Gasteiger partial charge is 0.243 e. The van der Waals surface area contributed by atoms with Crippen LogP contribution in [-0.4, -0.2) is 74.7 Å². The van der Waals surface area contributed by atoms with Gasteiger partial charge in [0, 0.05) is 46.4 Å². The summed E-state index contributed by atoms with van der Waals surface area (Å²) < 4.78 is 5.51. The Labute approximate surface area is 157 Å². The third kappa shape index (κ3) is 5.77. The number of likely N-dealkylation sites (tertiary alicyclic amines) is 1. The maximum Gasteiger partial charge on any atom is 0.243 e. The van der Waals surface area contributed by atoms with Crippen LogP contribution < -0.4 is 5.32 Å². The number of nitrogens with zero attached hydrogens (tertiary/aromatic N) is 3. The van der Waals surface area contributed by atoms with E-state index in [1.54, 1.807) is 19.0 Å². The summed E-state index contributed by atoms with van der Waals surface area (Å²) in [4.78, 5) is 20.3. The standard InChI is InChI=1S/C16H30N4O2.HI/c1-13(2)18-15(17-11-14(21)19(3)4)20-8-5-16(12-20)6-9-22-10-7-16;/h13H,5-12H2,1-4H3,(H,17,18);1H. The number of amides is 1. The molecule has 0 bridgehead atoms. The molecule has 0 radical (unpaired) electrons. The SMILES string of the molecule is CC(C)NC(=NCC(=O)N(C)C)N1CCC2(CCOCC2)C1.I. The van der Waals surface area contributed by atoms with Crippen molar-refractivity contribution in [2.24, 2.45) is 10.4 Å². The number of guanidine groups is 1. The summed E-state index contributed by atoms with van der Waals surface area (Å²) in [6, 6.07) is 0.305. The van der Waals surface area contributed by atoms with Gasteiger partial charge >= 0.3 is 0 Å². The van der Waals surface area contributed by atoms with Gasteiger partial charge in [0.2, 0.25) is 5.91 Å². The minimum absolute atomic E-state index is 0. The number of rotatable bonds is 3. The normalized spacial score (nSPS) is 20.6. The van der Waals surface area contributed by atoms with Gasteiger partial charge in [0.25, 0.3) is 0 Å². The van der Waals surface area contributed by atoms with E-state index < -0.39 is 0 Å². The van der Waals surface area contributed by atoms with Crippen molar-refractivity contribution >= 4 is 35.8 Å². The van der Waals surface area contributed by atoms with Crippen molar-refractivity contribution in [1.82, 2.24) is 15.1 Å². The first-order valence-electron chi connectivity index (χ1n) is 8.26. The first-order chi connectivity index (χ1) is 10.4. The van der Waals surface area contributed by atoms with Crippen LogP contribution in [-0.2, 0) is 9.53 Å². The summed E-state index contributed by atoms with van der Waals surface area (Å²) in [5.41, 5.74) is 0.378. The Morgan fingerprint density at radius 2 is 1.96 bits per heavy atom. The van der Waals surface area contributed by atoms with E-state index in [1.807, 2.05) is 0 Å². The Morgan fingerprint density at radius 3 is 2.52 bits per heavy atom. The van der Waals surface area contributed by atoms with Gasteiger partial charge < -0.3 is 19.9 Å². The van der Waals surface area contributed by atoms with Crippen LogP contribution in [0.2, 0.25) is 0 Å². The number of halogens is 1. The van der Waals surface area contributed by atoms with Crippen molar-refractivity contribution in [3.8, 4) is 0 Å². The first-order valence-corrected chi connectivity index (χ1v) is 8.26. The molecule has 0 unspecified atom stereocenters. The lowest BCUT2D eigenvalue weighted by atomic mass is 9.80. The molecule has 1 amide bonds. The number of hydrogen-bond donors (Lipinski definition) is 1. The highest BCUT2D eigenvalue weighted by Gasteiger charge is 2.40. The first kappa shape index (κ1) is 20.5. The monoisotopic (exact) mass is 438 g/mol. The van der Waals surface area contributed by atoms with E-state index in [1.165, 1.54) is 6.42 Å². The average Bonchev–Trinajstić information content (AvgIpc) is 2.87. The lowest BCUT2D eigenvalue weighted by molar-refractivity contribution is -0.127. The molecule has 0 saturated carbocycles. The highest BCUT2D eigenvalue weighted by Crippen LogP contribution is 2.39. The van der Waals surface area contributed by atoms with E-state index in [2.05, 4.69) is 29.1 Å². The zero-order valence-corrected chi connectivity index (χ0v) is 17.1. The minimum Gasteiger partial charge on any atom is -0.381 e. The Hall–Kier alpha value is -0.570. The Bertz CT molecular complexity index is 420. The molecule has 0 aromatic rings.